The fourth-order valence-corrected chi connectivity index (χ4v) is 1.92. The van der Waals surface area contributed by atoms with Gasteiger partial charge in [0, 0.05) is 12.6 Å². The minimum absolute atomic E-state index is 0.269. The average molecular weight is 290 g/mol. The van der Waals surface area contributed by atoms with E-state index >= 15 is 0 Å². The van der Waals surface area contributed by atoms with Crippen LogP contribution in [0.15, 0.2) is 28.9 Å². The molecule has 1 aromatic heterocycles. The Kier molecular flexibility index (Phi) is 3.96. The van der Waals surface area contributed by atoms with Crippen LogP contribution in [-0.2, 0) is 13.2 Å². The Hall–Kier alpha value is -2.21. The van der Waals surface area contributed by atoms with E-state index in [0.717, 1.165) is 22.8 Å². The first-order valence-corrected chi connectivity index (χ1v) is 6.90. The Balaban J connectivity index is 1.55. The van der Waals surface area contributed by atoms with E-state index in [0.29, 0.717) is 19.2 Å². The fraction of sp³-hybridized carbons (Fsp3) is 0.400. The van der Waals surface area contributed by atoms with Crippen molar-refractivity contribution in [2.24, 2.45) is 0 Å². The number of aromatic nitrogens is 1. The highest BCUT2D eigenvalue weighted by Gasteiger charge is 2.13. The van der Waals surface area contributed by atoms with Crippen molar-refractivity contribution in [1.29, 1.82) is 0 Å². The third-order valence-corrected chi connectivity index (χ3v) is 3.02. The normalized spacial score (nSPS) is 12.9. The van der Waals surface area contributed by atoms with Crippen molar-refractivity contribution in [3.05, 3.63) is 35.7 Å². The van der Waals surface area contributed by atoms with Gasteiger partial charge in [-0.05, 0) is 17.7 Å². The second-order valence-electron chi connectivity index (χ2n) is 5.12. The third kappa shape index (κ3) is 3.46. The largest absolute Gasteiger partial charge is 0.454 e. The highest BCUT2D eigenvalue weighted by Crippen LogP contribution is 2.32. The van der Waals surface area contributed by atoms with Crippen LogP contribution in [0.5, 0.6) is 17.6 Å². The summed E-state index contributed by atoms with van der Waals surface area (Å²) in [7, 11) is 0. The molecule has 1 aromatic carbocycles. The summed E-state index contributed by atoms with van der Waals surface area (Å²) in [6.07, 6.45) is 1.87. The van der Waals surface area contributed by atoms with E-state index in [4.69, 9.17) is 18.6 Å². The van der Waals surface area contributed by atoms with E-state index in [-0.39, 0.29) is 12.9 Å². The molecule has 21 heavy (non-hydrogen) atoms. The second kappa shape index (κ2) is 6.05. The summed E-state index contributed by atoms with van der Waals surface area (Å²) in [4.78, 5) is 4.26. The van der Waals surface area contributed by atoms with Gasteiger partial charge in [0.05, 0.1) is 5.69 Å². The maximum atomic E-state index is 5.54. The highest BCUT2D eigenvalue weighted by atomic mass is 16.7. The van der Waals surface area contributed by atoms with Gasteiger partial charge < -0.3 is 23.9 Å². The van der Waals surface area contributed by atoms with Gasteiger partial charge in [0.25, 0.3) is 0 Å². The van der Waals surface area contributed by atoms with Gasteiger partial charge in [0.1, 0.15) is 12.9 Å². The average Bonchev–Trinajstić information content (AvgIpc) is 3.11. The van der Waals surface area contributed by atoms with Crippen LogP contribution in [0.25, 0.3) is 0 Å². The van der Waals surface area contributed by atoms with Crippen molar-refractivity contribution in [2.75, 3.05) is 6.79 Å². The predicted octanol–water partition coefficient (Wildman–Crippen LogP) is 2.48. The first-order chi connectivity index (χ1) is 10.2. The zero-order chi connectivity index (χ0) is 14.7. The summed E-state index contributed by atoms with van der Waals surface area (Å²) in [5.74, 6) is 1.50. The summed E-state index contributed by atoms with van der Waals surface area (Å²) in [5, 5.41) is 3.27. The van der Waals surface area contributed by atoms with Crippen LogP contribution >= 0.6 is 0 Å². The lowest BCUT2D eigenvalue weighted by Gasteiger charge is -2.04. The maximum absolute atomic E-state index is 5.54. The molecule has 1 N–H and O–H groups in total. The van der Waals surface area contributed by atoms with Gasteiger partial charge in [-0.2, -0.15) is 4.98 Å². The van der Waals surface area contributed by atoms with Gasteiger partial charge in [0.15, 0.2) is 11.5 Å². The van der Waals surface area contributed by atoms with Gasteiger partial charge in [-0.3, -0.25) is 0 Å². The van der Waals surface area contributed by atoms with E-state index in [1.807, 2.05) is 18.2 Å². The van der Waals surface area contributed by atoms with Crippen LogP contribution in [-0.4, -0.2) is 17.8 Å². The first-order valence-electron chi connectivity index (χ1n) is 6.90. The molecule has 112 valence electrons. The molecule has 0 bridgehead atoms. The minimum Gasteiger partial charge on any atom is -0.454 e. The van der Waals surface area contributed by atoms with Crippen LogP contribution in [0.2, 0.25) is 0 Å². The van der Waals surface area contributed by atoms with Crippen molar-refractivity contribution >= 4 is 0 Å². The van der Waals surface area contributed by atoms with Gasteiger partial charge in [0.2, 0.25) is 6.79 Å². The standard InChI is InChI=1S/C15H18N2O4/c1-10(2)16-6-12-8-19-15(17-12)18-7-11-3-4-13-14(5-11)21-9-20-13/h3-5,8,10,16H,6-7,9H2,1-2H3. The zero-order valence-corrected chi connectivity index (χ0v) is 12.1. The number of oxazole rings is 1. The molecule has 1 aliphatic heterocycles. The van der Waals surface area contributed by atoms with Crippen molar-refractivity contribution in [2.45, 2.75) is 33.0 Å². The lowest BCUT2D eigenvalue weighted by molar-refractivity contribution is 0.173. The minimum atomic E-state index is 0.269. The molecular weight excluding hydrogens is 272 g/mol. The number of hydrogen-bond donors (Lipinski definition) is 1. The quantitative estimate of drug-likeness (QED) is 0.881. The Morgan fingerprint density at radius 3 is 3.00 bits per heavy atom. The van der Waals surface area contributed by atoms with E-state index in [9.17, 15) is 0 Å². The summed E-state index contributed by atoms with van der Waals surface area (Å²) in [6.45, 7) is 5.46. The fourth-order valence-electron chi connectivity index (χ4n) is 1.92. The van der Waals surface area contributed by atoms with E-state index in [1.54, 1.807) is 6.26 Å². The molecule has 1 aliphatic rings. The maximum Gasteiger partial charge on any atom is 0.394 e. The molecule has 0 aliphatic carbocycles. The monoisotopic (exact) mass is 290 g/mol. The first kappa shape index (κ1) is 13.8. The summed E-state index contributed by atoms with van der Waals surface area (Å²) < 4.78 is 21.4. The number of hydrogen-bond acceptors (Lipinski definition) is 6. The molecule has 3 rings (SSSR count). The van der Waals surface area contributed by atoms with Gasteiger partial charge in [-0.15, -0.1) is 0 Å². The molecule has 0 radical (unpaired) electrons. The number of rotatable bonds is 6. The number of nitrogens with zero attached hydrogens (tertiary/aromatic N) is 1. The number of benzene rings is 1. The smallest absolute Gasteiger partial charge is 0.394 e. The molecule has 0 fully saturated rings. The number of fused-ring (bicyclic) bond motifs is 1. The molecule has 0 saturated carbocycles. The predicted molar refractivity (Wildman–Crippen MR) is 75.4 cm³/mol. The van der Waals surface area contributed by atoms with Crippen LogP contribution in [0.4, 0.5) is 0 Å². The van der Waals surface area contributed by atoms with E-state index < -0.39 is 0 Å². The van der Waals surface area contributed by atoms with Crippen molar-refractivity contribution in [1.82, 2.24) is 10.3 Å². The van der Waals surface area contributed by atoms with Crippen LogP contribution in [0.1, 0.15) is 25.1 Å². The Labute approximate surface area is 123 Å². The molecule has 6 nitrogen and oxygen atoms in total. The van der Waals surface area contributed by atoms with Crippen LogP contribution < -0.4 is 19.5 Å². The molecule has 0 saturated heterocycles. The van der Waals surface area contributed by atoms with Gasteiger partial charge >= 0.3 is 6.08 Å². The third-order valence-electron chi connectivity index (χ3n) is 3.02. The number of nitrogens with one attached hydrogen (secondary N) is 1. The lowest BCUT2D eigenvalue weighted by Crippen LogP contribution is -2.21. The van der Waals surface area contributed by atoms with Crippen LogP contribution in [0.3, 0.4) is 0 Å². The molecule has 0 unspecified atom stereocenters. The molecular formula is C15H18N2O4. The Morgan fingerprint density at radius 1 is 1.29 bits per heavy atom. The van der Waals surface area contributed by atoms with E-state index in [2.05, 4.69) is 24.1 Å². The zero-order valence-electron chi connectivity index (χ0n) is 12.1. The lowest BCUT2D eigenvalue weighted by atomic mass is 10.2. The second-order valence-corrected chi connectivity index (χ2v) is 5.12. The summed E-state index contributed by atoms with van der Waals surface area (Å²) in [5.41, 5.74) is 1.80. The highest BCUT2D eigenvalue weighted by molar-refractivity contribution is 5.44. The summed E-state index contributed by atoms with van der Waals surface area (Å²) >= 11 is 0. The van der Waals surface area contributed by atoms with Gasteiger partial charge in [-0.1, -0.05) is 19.9 Å². The van der Waals surface area contributed by atoms with Crippen LogP contribution in [0, 0.1) is 0 Å². The van der Waals surface area contributed by atoms with Crippen molar-refractivity contribution in [3.8, 4) is 17.6 Å². The summed E-state index contributed by atoms with van der Waals surface area (Å²) in [6, 6.07) is 6.10. The molecule has 2 heterocycles. The molecule has 6 heteroatoms. The molecule has 0 amide bonds. The Morgan fingerprint density at radius 2 is 2.14 bits per heavy atom. The SMILES string of the molecule is CC(C)NCc1coc(OCc2ccc3c(c2)OCO3)n1. The van der Waals surface area contributed by atoms with Gasteiger partial charge in [-0.25, -0.2) is 0 Å². The number of ether oxygens (including phenoxy) is 3. The topological polar surface area (TPSA) is 65.8 Å². The molecule has 0 spiro atoms. The Bertz CT molecular complexity index is 609. The molecule has 2 aromatic rings. The molecule has 0 atom stereocenters. The van der Waals surface area contributed by atoms with Crippen molar-refractivity contribution in [3.63, 3.8) is 0 Å². The van der Waals surface area contributed by atoms with Crippen molar-refractivity contribution < 1.29 is 18.6 Å². The van der Waals surface area contributed by atoms with E-state index in [1.165, 1.54) is 0 Å².